The number of nitrogens with zero attached hydrogens (tertiary/aromatic N) is 2. The Morgan fingerprint density at radius 1 is 1.38 bits per heavy atom. The molecule has 0 radical (unpaired) electrons. The van der Waals surface area contributed by atoms with Crippen LogP contribution in [0.15, 0.2) is 39.7 Å². The van der Waals surface area contributed by atoms with E-state index < -0.39 is 0 Å². The Morgan fingerprint density at radius 2 is 2.05 bits per heavy atom. The number of terminal acetylenes is 1. The normalized spacial score (nSPS) is 13.7. The third-order valence-corrected chi connectivity index (χ3v) is 4.40. The Hall–Kier alpha value is -2.06. The van der Waals surface area contributed by atoms with Crippen LogP contribution in [-0.2, 0) is 19.4 Å². The highest BCUT2D eigenvalue weighted by molar-refractivity contribution is 9.10. The Kier molecular flexibility index (Phi) is 3.80. The molecule has 0 atom stereocenters. The molecule has 2 aromatic rings. The molecule has 1 heterocycles. The van der Waals surface area contributed by atoms with Crippen molar-refractivity contribution in [3.63, 3.8) is 0 Å². The van der Waals surface area contributed by atoms with Gasteiger partial charge in [-0.2, -0.15) is 5.10 Å². The average molecular weight is 344 g/mol. The van der Waals surface area contributed by atoms with E-state index in [9.17, 15) is 4.79 Å². The van der Waals surface area contributed by atoms with E-state index >= 15 is 0 Å². The zero-order valence-corrected chi connectivity index (χ0v) is 12.9. The number of anilines is 1. The van der Waals surface area contributed by atoms with Crippen molar-refractivity contribution in [1.82, 2.24) is 9.78 Å². The summed E-state index contributed by atoms with van der Waals surface area (Å²) in [7, 11) is 0. The average Bonchev–Trinajstić information content (AvgIpc) is 2.89. The molecule has 1 N–H and O–H groups in total. The van der Waals surface area contributed by atoms with Crippen molar-refractivity contribution in [1.29, 1.82) is 0 Å². The summed E-state index contributed by atoms with van der Waals surface area (Å²) < 4.78 is 1.74. The highest BCUT2D eigenvalue weighted by atomic mass is 79.9. The molecule has 21 heavy (non-hydrogen) atoms. The maximum absolute atomic E-state index is 12.1. The van der Waals surface area contributed by atoms with Gasteiger partial charge in [0, 0.05) is 6.04 Å². The highest BCUT2D eigenvalue weighted by Gasteiger charge is 2.22. The minimum Gasteiger partial charge on any atom is -0.379 e. The number of aromatic nitrogens is 2. The number of fused-ring (bicyclic) bond motifs is 1. The summed E-state index contributed by atoms with van der Waals surface area (Å²) in [5.41, 5.74) is 3.22. The fourth-order valence-electron chi connectivity index (χ4n) is 2.65. The van der Waals surface area contributed by atoms with Crippen LogP contribution in [0.3, 0.4) is 0 Å². The molecule has 1 aliphatic rings. The minimum atomic E-state index is -0.214. The van der Waals surface area contributed by atoms with Gasteiger partial charge in [0.25, 0.3) is 5.56 Å². The van der Waals surface area contributed by atoms with Crippen LogP contribution < -0.4 is 10.9 Å². The molecule has 5 heteroatoms. The number of hydrogen-bond donors (Lipinski definition) is 1. The largest absolute Gasteiger partial charge is 0.379 e. The molecule has 0 bridgehead atoms. The summed E-state index contributed by atoms with van der Waals surface area (Å²) in [6, 6.07) is 8.69. The lowest BCUT2D eigenvalue weighted by molar-refractivity contribution is 0.657. The zero-order valence-electron chi connectivity index (χ0n) is 11.3. The third kappa shape index (κ3) is 2.72. The van der Waals surface area contributed by atoms with Crippen molar-refractivity contribution in [2.45, 2.75) is 25.4 Å². The van der Waals surface area contributed by atoms with Crippen LogP contribution in [0.25, 0.3) is 0 Å². The molecule has 1 aromatic heterocycles. The van der Waals surface area contributed by atoms with Gasteiger partial charge < -0.3 is 5.32 Å². The summed E-state index contributed by atoms with van der Waals surface area (Å²) in [5.74, 6) is 2.42. The number of benzene rings is 1. The van der Waals surface area contributed by atoms with Gasteiger partial charge in [-0.05, 0) is 39.9 Å². The van der Waals surface area contributed by atoms with E-state index in [2.05, 4.69) is 56.5 Å². The van der Waals surface area contributed by atoms with E-state index in [0.29, 0.717) is 10.2 Å². The van der Waals surface area contributed by atoms with E-state index in [-0.39, 0.29) is 18.1 Å². The van der Waals surface area contributed by atoms with Crippen molar-refractivity contribution in [3.05, 3.63) is 56.4 Å². The van der Waals surface area contributed by atoms with Gasteiger partial charge in [-0.3, -0.25) is 4.79 Å². The molecule has 0 fully saturated rings. The van der Waals surface area contributed by atoms with Crippen molar-refractivity contribution in [3.8, 4) is 12.3 Å². The van der Waals surface area contributed by atoms with E-state index in [4.69, 9.17) is 6.42 Å². The zero-order chi connectivity index (χ0) is 14.8. The van der Waals surface area contributed by atoms with E-state index in [1.54, 1.807) is 6.20 Å². The van der Waals surface area contributed by atoms with Gasteiger partial charge in [-0.25, -0.2) is 4.68 Å². The summed E-state index contributed by atoms with van der Waals surface area (Å²) in [5, 5.41) is 7.48. The molecular weight excluding hydrogens is 330 g/mol. The predicted octanol–water partition coefficient (Wildman–Crippen LogP) is 2.22. The minimum absolute atomic E-state index is 0.173. The van der Waals surface area contributed by atoms with Crippen molar-refractivity contribution in [2.24, 2.45) is 0 Å². The first-order chi connectivity index (χ1) is 10.2. The summed E-state index contributed by atoms with van der Waals surface area (Å²) >= 11 is 3.34. The van der Waals surface area contributed by atoms with Gasteiger partial charge in [-0.15, -0.1) is 6.42 Å². The molecule has 1 aliphatic carbocycles. The lowest BCUT2D eigenvalue weighted by Crippen LogP contribution is -2.27. The second kappa shape index (κ2) is 5.74. The lowest BCUT2D eigenvalue weighted by Gasteiger charge is -2.15. The van der Waals surface area contributed by atoms with Crippen LogP contribution >= 0.6 is 15.9 Å². The number of halogens is 1. The van der Waals surface area contributed by atoms with Gasteiger partial charge in [0.05, 0.1) is 11.9 Å². The molecular formula is C16H14BrN3O. The molecule has 0 saturated heterocycles. The van der Waals surface area contributed by atoms with Crippen molar-refractivity contribution < 1.29 is 0 Å². The quantitative estimate of drug-likeness (QED) is 0.869. The van der Waals surface area contributed by atoms with Crippen LogP contribution in [0.1, 0.15) is 11.1 Å². The third-order valence-electron chi connectivity index (χ3n) is 3.64. The van der Waals surface area contributed by atoms with Gasteiger partial charge in [-0.1, -0.05) is 30.2 Å². The Balaban J connectivity index is 1.80. The first-order valence-electron chi connectivity index (χ1n) is 6.71. The topological polar surface area (TPSA) is 46.9 Å². The Morgan fingerprint density at radius 3 is 2.67 bits per heavy atom. The summed E-state index contributed by atoms with van der Waals surface area (Å²) in [4.78, 5) is 12.1. The van der Waals surface area contributed by atoms with E-state index in [0.717, 1.165) is 12.8 Å². The van der Waals surface area contributed by atoms with Gasteiger partial charge in [0.2, 0.25) is 0 Å². The van der Waals surface area contributed by atoms with Gasteiger partial charge >= 0.3 is 0 Å². The molecule has 0 unspecified atom stereocenters. The van der Waals surface area contributed by atoms with E-state index in [1.807, 2.05) is 0 Å². The molecule has 0 saturated carbocycles. The van der Waals surface area contributed by atoms with Crippen LogP contribution in [-0.4, -0.2) is 15.8 Å². The van der Waals surface area contributed by atoms with Gasteiger partial charge in [0.1, 0.15) is 11.0 Å². The smallest absolute Gasteiger partial charge is 0.284 e. The first kappa shape index (κ1) is 13.9. The standard InChI is InChI=1S/C16H14BrN3O/c1-2-7-20-16(21)15(17)14(10-18-20)19-13-8-11-5-3-4-6-12(11)9-13/h1,3-6,10,13,19H,7-9H2. The number of nitrogens with one attached hydrogen (secondary N) is 1. The lowest BCUT2D eigenvalue weighted by atomic mass is 10.1. The molecule has 4 nitrogen and oxygen atoms in total. The Bertz CT molecular complexity index is 751. The van der Waals surface area contributed by atoms with Crippen molar-refractivity contribution in [2.75, 3.05) is 5.32 Å². The second-order valence-corrected chi connectivity index (χ2v) is 5.85. The summed E-state index contributed by atoms with van der Waals surface area (Å²) in [6.45, 7) is 0.173. The SMILES string of the molecule is C#CCn1ncc(NC2Cc3ccccc3C2)c(Br)c1=O. The van der Waals surface area contributed by atoms with Gasteiger partial charge in [0.15, 0.2) is 0 Å². The maximum atomic E-state index is 12.1. The fraction of sp³-hybridized carbons (Fsp3) is 0.250. The second-order valence-electron chi connectivity index (χ2n) is 5.06. The van der Waals surface area contributed by atoms with Crippen LogP contribution in [0.4, 0.5) is 5.69 Å². The molecule has 106 valence electrons. The molecule has 1 aromatic carbocycles. The summed E-state index contributed by atoms with van der Waals surface area (Å²) in [6.07, 6.45) is 8.77. The molecule has 3 rings (SSSR count). The maximum Gasteiger partial charge on any atom is 0.284 e. The molecule has 0 spiro atoms. The molecule has 0 aliphatic heterocycles. The van der Waals surface area contributed by atoms with Crippen LogP contribution in [0.5, 0.6) is 0 Å². The monoisotopic (exact) mass is 343 g/mol. The Labute approximate surface area is 131 Å². The van der Waals surface area contributed by atoms with Crippen LogP contribution in [0, 0.1) is 12.3 Å². The number of hydrogen-bond acceptors (Lipinski definition) is 3. The highest BCUT2D eigenvalue weighted by Crippen LogP contribution is 2.26. The number of rotatable bonds is 3. The molecule has 0 amide bonds. The fourth-order valence-corrected chi connectivity index (χ4v) is 3.07. The first-order valence-corrected chi connectivity index (χ1v) is 7.50. The van der Waals surface area contributed by atoms with E-state index in [1.165, 1.54) is 15.8 Å². The predicted molar refractivity (Wildman–Crippen MR) is 86.3 cm³/mol. The van der Waals surface area contributed by atoms with Crippen molar-refractivity contribution >= 4 is 21.6 Å². The van der Waals surface area contributed by atoms with Crippen LogP contribution in [0.2, 0.25) is 0 Å².